The predicted octanol–water partition coefficient (Wildman–Crippen LogP) is 3.73. The minimum Gasteiger partial charge on any atom is -0.489 e. The molecular formula is C17H17BrN2O4S. The van der Waals surface area contributed by atoms with Crippen molar-refractivity contribution in [3.05, 3.63) is 46.8 Å². The number of rotatable bonds is 5. The predicted molar refractivity (Wildman–Crippen MR) is 101 cm³/mol. The fourth-order valence-corrected chi connectivity index (χ4v) is 2.92. The van der Waals surface area contributed by atoms with E-state index in [0.717, 1.165) is 19.4 Å². The molecule has 6 nitrogen and oxygen atoms in total. The number of thiocarbonyl (C=S) groups is 1. The number of carbonyl (C=O) groups is 1. The lowest BCUT2D eigenvalue weighted by molar-refractivity contribution is 0.0682. The summed E-state index contributed by atoms with van der Waals surface area (Å²) in [5, 5.41) is 5.70. The van der Waals surface area contributed by atoms with Crippen LogP contribution in [0.1, 0.15) is 23.4 Å². The van der Waals surface area contributed by atoms with Gasteiger partial charge in [0, 0.05) is 6.61 Å². The van der Waals surface area contributed by atoms with E-state index in [1.807, 2.05) is 24.3 Å². The summed E-state index contributed by atoms with van der Waals surface area (Å²) < 4.78 is 17.1. The smallest absolute Gasteiger partial charge is 0.293 e. The van der Waals surface area contributed by atoms with Crippen molar-refractivity contribution < 1.29 is 18.7 Å². The molecule has 25 heavy (non-hydrogen) atoms. The molecule has 3 rings (SSSR count). The van der Waals surface area contributed by atoms with Crippen LogP contribution in [0, 0.1) is 0 Å². The van der Waals surface area contributed by atoms with Crippen LogP contribution < -0.4 is 15.4 Å². The van der Waals surface area contributed by atoms with Crippen molar-refractivity contribution in [1.29, 1.82) is 0 Å². The van der Waals surface area contributed by atoms with Crippen LogP contribution in [0.25, 0.3) is 0 Å². The minimum atomic E-state index is -0.430. The van der Waals surface area contributed by atoms with Gasteiger partial charge in [-0.1, -0.05) is 12.1 Å². The first-order valence-electron chi connectivity index (χ1n) is 7.83. The monoisotopic (exact) mass is 424 g/mol. The van der Waals surface area contributed by atoms with Crippen molar-refractivity contribution in [2.24, 2.45) is 0 Å². The van der Waals surface area contributed by atoms with Gasteiger partial charge in [0.1, 0.15) is 12.4 Å². The van der Waals surface area contributed by atoms with Gasteiger partial charge in [0.2, 0.25) is 0 Å². The molecule has 2 heterocycles. The number of ether oxygens (including phenoxy) is 2. The largest absolute Gasteiger partial charge is 0.489 e. The second-order valence-electron chi connectivity index (χ2n) is 5.45. The summed E-state index contributed by atoms with van der Waals surface area (Å²) in [6.07, 6.45) is 2.19. The van der Waals surface area contributed by atoms with Gasteiger partial charge >= 0.3 is 0 Å². The number of para-hydroxylation sites is 2. The highest BCUT2D eigenvalue weighted by molar-refractivity contribution is 9.10. The molecule has 1 unspecified atom stereocenters. The molecule has 132 valence electrons. The van der Waals surface area contributed by atoms with Crippen LogP contribution in [0.3, 0.4) is 0 Å². The summed E-state index contributed by atoms with van der Waals surface area (Å²) >= 11 is 8.35. The van der Waals surface area contributed by atoms with E-state index in [-0.39, 0.29) is 17.0 Å². The van der Waals surface area contributed by atoms with Gasteiger partial charge in [0.15, 0.2) is 15.5 Å². The zero-order valence-electron chi connectivity index (χ0n) is 13.3. The minimum absolute atomic E-state index is 0.122. The Morgan fingerprint density at radius 1 is 1.32 bits per heavy atom. The Morgan fingerprint density at radius 3 is 2.88 bits per heavy atom. The Bertz CT molecular complexity index is 759. The molecule has 2 aromatic rings. The van der Waals surface area contributed by atoms with Gasteiger partial charge in [-0.2, -0.15) is 0 Å². The van der Waals surface area contributed by atoms with Crippen LogP contribution in [0.4, 0.5) is 5.69 Å². The van der Waals surface area contributed by atoms with E-state index in [1.54, 1.807) is 12.1 Å². The second-order valence-corrected chi connectivity index (χ2v) is 6.64. The topological polar surface area (TPSA) is 72.7 Å². The first-order valence-corrected chi connectivity index (χ1v) is 9.03. The maximum absolute atomic E-state index is 12.0. The molecule has 0 saturated carbocycles. The number of furan rings is 1. The molecule has 0 spiro atoms. The van der Waals surface area contributed by atoms with Crippen LogP contribution in [0.2, 0.25) is 0 Å². The number of halogens is 1. The van der Waals surface area contributed by atoms with E-state index in [0.29, 0.717) is 22.7 Å². The van der Waals surface area contributed by atoms with Crippen LogP contribution in [0.5, 0.6) is 5.75 Å². The number of hydrogen-bond acceptors (Lipinski definition) is 5. The summed E-state index contributed by atoms with van der Waals surface area (Å²) in [5.41, 5.74) is 0.673. The molecule has 0 radical (unpaired) electrons. The first kappa shape index (κ1) is 17.9. The first-order chi connectivity index (χ1) is 12.1. The Balaban J connectivity index is 1.57. The van der Waals surface area contributed by atoms with Gasteiger partial charge in [0.05, 0.1) is 11.8 Å². The lowest BCUT2D eigenvalue weighted by Crippen LogP contribution is -2.34. The molecule has 1 atom stereocenters. The third-order valence-electron chi connectivity index (χ3n) is 3.61. The van der Waals surface area contributed by atoms with Gasteiger partial charge in [-0.3, -0.25) is 10.1 Å². The zero-order chi connectivity index (χ0) is 17.6. The van der Waals surface area contributed by atoms with E-state index in [1.165, 1.54) is 0 Å². The molecule has 1 saturated heterocycles. The van der Waals surface area contributed by atoms with E-state index in [2.05, 4.69) is 26.6 Å². The molecule has 1 fully saturated rings. The van der Waals surface area contributed by atoms with Gasteiger partial charge < -0.3 is 19.2 Å². The normalized spacial score (nSPS) is 16.4. The summed E-state index contributed by atoms with van der Waals surface area (Å²) in [6, 6.07) is 10.6. The maximum atomic E-state index is 12.0. The number of hydrogen-bond donors (Lipinski definition) is 2. The molecule has 0 bridgehead atoms. The quantitative estimate of drug-likeness (QED) is 0.712. The van der Waals surface area contributed by atoms with E-state index in [9.17, 15) is 4.79 Å². The van der Waals surface area contributed by atoms with E-state index >= 15 is 0 Å². The number of amides is 1. The number of carbonyl (C=O) groups excluding carboxylic acids is 1. The molecular weight excluding hydrogens is 408 g/mol. The van der Waals surface area contributed by atoms with E-state index in [4.69, 9.17) is 26.1 Å². The van der Waals surface area contributed by atoms with Crippen molar-refractivity contribution >= 4 is 44.9 Å². The highest BCUT2D eigenvalue weighted by Crippen LogP contribution is 2.25. The molecule has 1 aromatic heterocycles. The van der Waals surface area contributed by atoms with Crippen LogP contribution in [0.15, 0.2) is 45.5 Å². The number of nitrogens with one attached hydrogen (secondary N) is 2. The Hall–Kier alpha value is -1.90. The Morgan fingerprint density at radius 2 is 2.16 bits per heavy atom. The van der Waals surface area contributed by atoms with Gasteiger partial charge in [-0.05, 0) is 65.3 Å². The van der Waals surface area contributed by atoms with Gasteiger partial charge in [-0.15, -0.1) is 0 Å². The maximum Gasteiger partial charge on any atom is 0.293 e. The summed E-state index contributed by atoms with van der Waals surface area (Å²) in [6.45, 7) is 1.27. The standard InChI is InChI=1S/C17H17BrN2O4S/c18-15-8-7-14(24-15)16(21)20-17(25)19-12-5-1-2-6-13(12)23-10-11-4-3-9-22-11/h1-2,5-8,11H,3-4,9-10H2,(H2,19,20,21,25). The number of benzene rings is 1. The van der Waals surface area contributed by atoms with Gasteiger partial charge in [0.25, 0.3) is 5.91 Å². The van der Waals surface area contributed by atoms with E-state index < -0.39 is 5.91 Å². The van der Waals surface area contributed by atoms with Crippen LogP contribution in [-0.2, 0) is 4.74 Å². The zero-order valence-corrected chi connectivity index (χ0v) is 15.7. The Labute approximate surface area is 159 Å². The summed E-state index contributed by atoms with van der Waals surface area (Å²) in [7, 11) is 0. The van der Waals surface area contributed by atoms with Crippen molar-refractivity contribution in [3.63, 3.8) is 0 Å². The molecule has 8 heteroatoms. The molecule has 1 aliphatic heterocycles. The molecule has 1 aromatic carbocycles. The highest BCUT2D eigenvalue weighted by Gasteiger charge is 2.17. The third-order valence-corrected chi connectivity index (χ3v) is 4.24. The molecule has 0 aliphatic carbocycles. The Kier molecular flexibility index (Phi) is 6.06. The lowest BCUT2D eigenvalue weighted by Gasteiger charge is -2.16. The highest BCUT2D eigenvalue weighted by atomic mass is 79.9. The molecule has 1 aliphatic rings. The fraction of sp³-hybridized carbons (Fsp3) is 0.294. The summed E-state index contributed by atoms with van der Waals surface area (Å²) in [5.74, 6) is 0.384. The number of anilines is 1. The van der Waals surface area contributed by atoms with Crippen molar-refractivity contribution in [3.8, 4) is 5.75 Å². The average molecular weight is 425 g/mol. The molecule has 2 N–H and O–H groups in total. The fourth-order valence-electron chi connectivity index (χ4n) is 2.41. The van der Waals surface area contributed by atoms with Crippen molar-refractivity contribution in [2.75, 3.05) is 18.5 Å². The SMILES string of the molecule is O=C(NC(=S)Nc1ccccc1OCC1CCCO1)c1ccc(Br)o1. The van der Waals surface area contributed by atoms with Crippen molar-refractivity contribution in [2.45, 2.75) is 18.9 Å². The summed E-state index contributed by atoms with van der Waals surface area (Å²) in [4.78, 5) is 12.0. The third kappa shape index (κ3) is 5.04. The van der Waals surface area contributed by atoms with Crippen molar-refractivity contribution in [1.82, 2.24) is 5.32 Å². The average Bonchev–Trinajstić information content (AvgIpc) is 3.25. The van der Waals surface area contributed by atoms with Crippen LogP contribution in [-0.4, -0.2) is 30.3 Å². The van der Waals surface area contributed by atoms with Gasteiger partial charge in [-0.25, -0.2) is 0 Å². The molecule has 1 amide bonds. The lowest BCUT2D eigenvalue weighted by atomic mass is 10.2. The second kappa shape index (κ2) is 8.46. The van der Waals surface area contributed by atoms with Crippen LogP contribution >= 0.6 is 28.1 Å².